The number of amides is 2. The number of carbonyl (C=O) groups excluding carboxylic acids is 2. The highest BCUT2D eigenvalue weighted by atomic mass is 19.4. The molecule has 2 amide bonds. The lowest BCUT2D eigenvalue weighted by molar-refractivity contribution is -0.137. The smallest absolute Gasteiger partial charge is 0.416 e. The molecule has 0 saturated carbocycles. The molecule has 3 heterocycles. The molecule has 40 heavy (non-hydrogen) atoms. The van der Waals surface area contributed by atoms with Crippen molar-refractivity contribution in [2.24, 2.45) is 0 Å². The molecule has 6 rings (SSSR count). The van der Waals surface area contributed by atoms with Crippen LogP contribution in [0.5, 0.6) is 0 Å². The molecule has 10 heteroatoms. The molecular formula is C30H29F3N4O3. The average Bonchev–Trinajstić information content (AvgIpc) is 3.25. The Morgan fingerprint density at radius 3 is 2.50 bits per heavy atom. The molecule has 0 radical (unpaired) electrons. The zero-order chi connectivity index (χ0) is 28.0. The van der Waals surface area contributed by atoms with Gasteiger partial charge in [0, 0.05) is 58.7 Å². The summed E-state index contributed by atoms with van der Waals surface area (Å²) in [6, 6.07) is 17.2. The van der Waals surface area contributed by atoms with Crippen LogP contribution in [0.2, 0.25) is 0 Å². The van der Waals surface area contributed by atoms with Crippen molar-refractivity contribution >= 4 is 45.2 Å². The highest BCUT2D eigenvalue weighted by Crippen LogP contribution is 2.38. The lowest BCUT2D eigenvalue weighted by atomic mass is 9.99. The number of aryl methyl sites for hydroxylation is 1. The molecule has 1 saturated heterocycles. The molecule has 2 aliphatic rings. The van der Waals surface area contributed by atoms with Crippen LogP contribution in [-0.2, 0) is 28.9 Å². The predicted octanol–water partition coefficient (Wildman–Crippen LogP) is 6.39. The van der Waals surface area contributed by atoms with Crippen molar-refractivity contribution in [2.45, 2.75) is 45.1 Å². The molecule has 2 aliphatic heterocycles. The molecule has 1 aromatic heterocycles. The van der Waals surface area contributed by atoms with Crippen molar-refractivity contribution in [3.63, 3.8) is 0 Å². The molecule has 3 aromatic carbocycles. The summed E-state index contributed by atoms with van der Waals surface area (Å²) in [5.41, 5.74) is 3.00. The normalized spacial score (nSPS) is 16.8. The number of benzene rings is 3. The first-order valence-electron chi connectivity index (χ1n) is 13.4. The van der Waals surface area contributed by atoms with Gasteiger partial charge in [0.1, 0.15) is 6.61 Å². The molecule has 1 fully saturated rings. The molecule has 0 spiro atoms. The number of nitrogens with zero attached hydrogens (tertiary/aromatic N) is 3. The monoisotopic (exact) mass is 550 g/mol. The molecule has 0 aliphatic carbocycles. The summed E-state index contributed by atoms with van der Waals surface area (Å²) < 4.78 is 47.5. The number of carbonyl (C=O) groups is 2. The summed E-state index contributed by atoms with van der Waals surface area (Å²) in [7, 11) is 0. The van der Waals surface area contributed by atoms with E-state index >= 15 is 0 Å². The molecule has 0 bridgehead atoms. The summed E-state index contributed by atoms with van der Waals surface area (Å²) in [5, 5.41) is 5.23. The third-order valence-electron chi connectivity index (χ3n) is 7.88. The number of alkyl halides is 3. The van der Waals surface area contributed by atoms with Crippen molar-refractivity contribution < 1.29 is 27.5 Å². The Bertz CT molecular complexity index is 1610. The molecule has 1 N–H and O–H groups in total. The number of rotatable bonds is 5. The lowest BCUT2D eigenvalue weighted by Crippen LogP contribution is -2.50. The van der Waals surface area contributed by atoms with E-state index < -0.39 is 17.8 Å². The summed E-state index contributed by atoms with van der Waals surface area (Å²) in [4.78, 5) is 28.9. The van der Waals surface area contributed by atoms with Gasteiger partial charge in [-0.05, 0) is 56.2 Å². The van der Waals surface area contributed by atoms with E-state index in [-0.39, 0.29) is 30.8 Å². The van der Waals surface area contributed by atoms with Crippen LogP contribution >= 0.6 is 0 Å². The van der Waals surface area contributed by atoms with Crippen molar-refractivity contribution in [1.82, 2.24) is 9.47 Å². The highest BCUT2D eigenvalue weighted by Gasteiger charge is 2.37. The van der Waals surface area contributed by atoms with Crippen LogP contribution in [0.4, 0.5) is 29.3 Å². The number of cyclic esters (lactones) is 1. The Labute approximate surface area is 229 Å². The Kier molecular flexibility index (Phi) is 6.66. The standard InChI is InChI=1S/C30H29F3N4O3/c1-2-36-25-6-4-3-5-23(25)24-16-21(9-10-26(24)36)34-28(38)17-35-13-11-22(12-14-35)37-27-15-20(30(31,32)33)8-7-19(27)18-40-29(37)39/h3-10,15-16,22H,2,11-14,17-18H2,1H3,(H,34,38). The van der Waals surface area contributed by atoms with Gasteiger partial charge in [0.05, 0.1) is 17.8 Å². The van der Waals surface area contributed by atoms with Gasteiger partial charge >= 0.3 is 12.3 Å². The van der Waals surface area contributed by atoms with E-state index in [4.69, 9.17) is 4.74 Å². The largest absolute Gasteiger partial charge is 0.444 e. The number of fused-ring (bicyclic) bond motifs is 4. The van der Waals surface area contributed by atoms with Crippen molar-refractivity contribution in [1.29, 1.82) is 0 Å². The number of anilines is 2. The molecule has 0 atom stereocenters. The average molecular weight is 551 g/mol. The number of likely N-dealkylation sites (tertiary alicyclic amines) is 1. The fourth-order valence-electron chi connectivity index (χ4n) is 5.95. The molecule has 7 nitrogen and oxygen atoms in total. The summed E-state index contributed by atoms with van der Waals surface area (Å²) in [5.74, 6) is -0.144. The molecule has 208 valence electrons. The minimum absolute atomic E-state index is 0.0490. The van der Waals surface area contributed by atoms with E-state index in [2.05, 4.69) is 28.9 Å². The van der Waals surface area contributed by atoms with Gasteiger partial charge in [-0.1, -0.05) is 24.3 Å². The van der Waals surface area contributed by atoms with E-state index in [9.17, 15) is 22.8 Å². The fourth-order valence-corrected chi connectivity index (χ4v) is 5.95. The van der Waals surface area contributed by atoms with Gasteiger partial charge in [0.25, 0.3) is 0 Å². The summed E-state index contributed by atoms with van der Waals surface area (Å²) in [6.07, 6.45) is -4.11. The van der Waals surface area contributed by atoms with Crippen molar-refractivity contribution in [3.8, 4) is 0 Å². The number of aromatic nitrogens is 1. The number of hydrogen-bond donors (Lipinski definition) is 1. The van der Waals surface area contributed by atoms with Crippen molar-refractivity contribution in [3.05, 3.63) is 71.8 Å². The SMILES string of the molecule is CCn1c2ccccc2c2cc(NC(=O)CN3CCC(N4C(=O)OCc5ccc(C(F)(F)F)cc54)CC3)ccc21. The number of halogens is 3. The van der Waals surface area contributed by atoms with Crippen molar-refractivity contribution in [2.75, 3.05) is 29.9 Å². The second kappa shape index (κ2) is 10.2. The van der Waals surface area contributed by atoms with Gasteiger partial charge < -0.3 is 14.6 Å². The fraction of sp³-hybridized carbons (Fsp3) is 0.333. The Morgan fingerprint density at radius 2 is 1.75 bits per heavy atom. The maximum Gasteiger partial charge on any atom is 0.416 e. The second-order valence-corrected chi connectivity index (χ2v) is 10.3. The van der Waals surface area contributed by atoms with Gasteiger partial charge in [-0.3, -0.25) is 14.6 Å². The number of hydrogen-bond acceptors (Lipinski definition) is 4. The van der Waals surface area contributed by atoms with E-state index in [0.29, 0.717) is 31.5 Å². The first-order valence-corrected chi connectivity index (χ1v) is 13.4. The molecular weight excluding hydrogens is 521 g/mol. The zero-order valence-electron chi connectivity index (χ0n) is 22.0. The van der Waals surface area contributed by atoms with Crippen LogP contribution in [0, 0.1) is 0 Å². The third kappa shape index (κ3) is 4.77. The number of nitrogens with one attached hydrogen (secondary N) is 1. The minimum Gasteiger partial charge on any atom is -0.444 e. The van der Waals surface area contributed by atoms with Gasteiger partial charge in [0.2, 0.25) is 5.91 Å². The summed E-state index contributed by atoms with van der Waals surface area (Å²) in [6.45, 7) is 4.14. The first-order chi connectivity index (χ1) is 19.2. The maximum atomic E-state index is 13.3. The molecule has 4 aromatic rings. The first kappa shape index (κ1) is 26.2. The third-order valence-corrected chi connectivity index (χ3v) is 7.88. The van der Waals surface area contributed by atoms with Crippen LogP contribution in [-0.4, -0.2) is 47.1 Å². The van der Waals surface area contributed by atoms with Gasteiger partial charge in [-0.25, -0.2) is 4.79 Å². The van der Waals surface area contributed by atoms with Gasteiger partial charge in [0.15, 0.2) is 0 Å². The van der Waals surface area contributed by atoms with Gasteiger partial charge in [-0.2, -0.15) is 13.2 Å². The van der Waals surface area contributed by atoms with Crippen LogP contribution in [0.25, 0.3) is 21.8 Å². The zero-order valence-corrected chi connectivity index (χ0v) is 22.0. The van der Waals surface area contributed by atoms with Gasteiger partial charge in [-0.15, -0.1) is 0 Å². The number of piperidine rings is 1. The summed E-state index contributed by atoms with van der Waals surface area (Å²) >= 11 is 0. The Hall–Kier alpha value is -4.05. The second-order valence-electron chi connectivity index (χ2n) is 10.3. The van der Waals surface area contributed by atoms with E-state index in [1.807, 2.05) is 35.2 Å². The minimum atomic E-state index is -4.50. The molecule has 0 unspecified atom stereocenters. The Morgan fingerprint density at radius 1 is 1.00 bits per heavy atom. The van der Waals surface area contributed by atoms with Crippen LogP contribution in [0.3, 0.4) is 0 Å². The number of para-hydroxylation sites is 1. The van der Waals surface area contributed by atoms with E-state index in [1.54, 1.807) is 0 Å². The highest BCUT2D eigenvalue weighted by molar-refractivity contribution is 6.09. The lowest BCUT2D eigenvalue weighted by Gasteiger charge is -2.40. The predicted molar refractivity (Wildman–Crippen MR) is 147 cm³/mol. The Balaban J connectivity index is 1.11. The quantitative estimate of drug-likeness (QED) is 0.313. The topological polar surface area (TPSA) is 66.8 Å². The number of ether oxygens (including phenoxy) is 1. The van der Waals surface area contributed by atoms with E-state index in [1.165, 1.54) is 11.0 Å². The maximum absolute atomic E-state index is 13.3. The van der Waals surface area contributed by atoms with Crippen LogP contribution in [0.15, 0.2) is 60.7 Å². The van der Waals surface area contributed by atoms with Crippen LogP contribution < -0.4 is 10.2 Å². The van der Waals surface area contributed by atoms with Crippen LogP contribution in [0.1, 0.15) is 30.9 Å². The van der Waals surface area contributed by atoms with E-state index in [0.717, 1.165) is 46.2 Å².